The second-order valence-corrected chi connectivity index (χ2v) is 8.53. The van der Waals surface area contributed by atoms with Gasteiger partial charge in [-0.2, -0.15) is 0 Å². The van der Waals surface area contributed by atoms with Gasteiger partial charge in [-0.05, 0) is 17.7 Å². The van der Waals surface area contributed by atoms with Gasteiger partial charge >= 0.3 is 0 Å². The number of piperazine rings is 1. The van der Waals surface area contributed by atoms with Gasteiger partial charge in [-0.1, -0.05) is 36.4 Å². The first-order valence-corrected chi connectivity index (χ1v) is 11.4. The third-order valence-electron chi connectivity index (χ3n) is 5.60. The quantitative estimate of drug-likeness (QED) is 0.456. The molecule has 0 radical (unpaired) electrons. The molecule has 0 bridgehead atoms. The van der Waals surface area contributed by atoms with Crippen LogP contribution in [0.1, 0.15) is 11.5 Å². The minimum absolute atomic E-state index is 0.418. The molecule has 0 unspecified atom stereocenters. The first-order valence-electron chi connectivity index (χ1n) is 10.5. The van der Waals surface area contributed by atoms with Crippen molar-refractivity contribution in [2.45, 2.75) is 13.2 Å². The number of ether oxygens (including phenoxy) is 1. The van der Waals surface area contributed by atoms with Crippen LogP contribution in [-0.2, 0) is 17.9 Å². The minimum Gasteiger partial charge on any atom is -0.377 e. The van der Waals surface area contributed by atoms with Gasteiger partial charge in [0.2, 0.25) is 0 Å². The molecule has 4 aromatic rings. The predicted octanol–water partition coefficient (Wildman–Crippen LogP) is 4.22. The molecule has 0 N–H and O–H groups in total. The molecule has 1 saturated heterocycles. The molecule has 4 heterocycles. The Bertz CT molecular complexity index is 1140. The van der Waals surface area contributed by atoms with Crippen LogP contribution < -0.4 is 4.90 Å². The van der Waals surface area contributed by atoms with Gasteiger partial charge in [0.1, 0.15) is 17.3 Å². The average molecular weight is 432 g/mol. The lowest BCUT2D eigenvalue weighted by molar-refractivity contribution is 0.178. The maximum absolute atomic E-state index is 5.34. The molecule has 1 fully saturated rings. The summed E-state index contributed by atoms with van der Waals surface area (Å²) in [7, 11) is 1.69. The van der Waals surface area contributed by atoms with Crippen LogP contribution in [0.4, 0.5) is 5.82 Å². The van der Waals surface area contributed by atoms with Crippen molar-refractivity contribution in [3.05, 3.63) is 71.6 Å². The van der Waals surface area contributed by atoms with E-state index < -0.39 is 0 Å². The Morgan fingerprint density at radius 2 is 1.77 bits per heavy atom. The molecule has 0 saturated carbocycles. The summed E-state index contributed by atoms with van der Waals surface area (Å²) in [4.78, 5) is 20.1. The summed E-state index contributed by atoms with van der Waals surface area (Å²) >= 11 is 1.68. The summed E-state index contributed by atoms with van der Waals surface area (Å²) in [6.07, 6.45) is 1.86. The highest BCUT2D eigenvalue weighted by Crippen LogP contribution is 2.38. The number of thiophene rings is 1. The van der Waals surface area contributed by atoms with Crippen molar-refractivity contribution in [3.63, 3.8) is 0 Å². The second-order valence-electron chi connectivity index (χ2n) is 7.68. The maximum atomic E-state index is 5.34. The lowest BCUT2D eigenvalue weighted by Crippen LogP contribution is -2.46. The summed E-state index contributed by atoms with van der Waals surface area (Å²) in [6, 6.07) is 16.6. The number of fused-ring (bicyclic) bond motifs is 1. The molecule has 3 aromatic heterocycles. The average Bonchev–Trinajstić information content (AvgIpc) is 3.25. The summed E-state index contributed by atoms with van der Waals surface area (Å²) < 4.78 is 5.34. The van der Waals surface area contributed by atoms with Crippen LogP contribution in [0.2, 0.25) is 0 Å². The molecule has 5 rings (SSSR count). The van der Waals surface area contributed by atoms with Crippen molar-refractivity contribution in [1.82, 2.24) is 19.9 Å². The monoisotopic (exact) mass is 431 g/mol. The van der Waals surface area contributed by atoms with Gasteiger partial charge in [0.25, 0.3) is 0 Å². The van der Waals surface area contributed by atoms with Crippen LogP contribution >= 0.6 is 11.3 Å². The van der Waals surface area contributed by atoms with Crippen molar-refractivity contribution in [2.24, 2.45) is 0 Å². The van der Waals surface area contributed by atoms with E-state index in [1.54, 1.807) is 18.4 Å². The highest BCUT2D eigenvalue weighted by Gasteiger charge is 2.24. The van der Waals surface area contributed by atoms with Gasteiger partial charge < -0.3 is 9.64 Å². The molecule has 31 heavy (non-hydrogen) atoms. The summed E-state index contributed by atoms with van der Waals surface area (Å²) in [5.74, 6) is 1.76. The number of anilines is 1. The van der Waals surface area contributed by atoms with E-state index in [0.29, 0.717) is 6.61 Å². The lowest BCUT2D eigenvalue weighted by Gasteiger charge is -2.35. The molecule has 6 nitrogen and oxygen atoms in total. The van der Waals surface area contributed by atoms with Crippen LogP contribution in [-0.4, -0.2) is 53.1 Å². The molecule has 1 aliphatic heterocycles. The van der Waals surface area contributed by atoms with E-state index in [0.717, 1.165) is 60.3 Å². The zero-order valence-corrected chi connectivity index (χ0v) is 18.4. The van der Waals surface area contributed by atoms with E-state index in [4.69, 9.17) is 14.7 Å². The maximum Gasteiger partial charge on any atom is 0.158 e. The van der Waals surface area contributed by atoms with E-state index in [9.17, 15) is 0 Å². The van der Waals surface area contributed by atoms with Crippen LogP contribution in [0.25, 0.3) is 21.3 Å². The minimum atomic E-state index is 0.418. The van der Waals surface area contributed by atoms with E-state index in [1.165, 1.54) is 11.1 Å². The van der Waals surface area contributed by atoms with Crippen molar-refractivity contribution in [2.75, 3.05) is 38.2 Å². The van der Waals surface area contributed by atoms with Crippen molar-refractivity contribution >= 4 is 27.4 Å². The van der Waals surface area contributed by atoms with E-state index >= 15 is 0 Å². The van der Waals surface area contributed by atoms with E-state index in [-0.39, 0.29) is 0 Å². The normalized spacial score (nSPS) is 14.9. The molecule has 7 heteroatoms. The largest absolute Gasteiger partial charge is 0.377 e. The van der Waals surface area contributed by atoms with Gasteiger partial charge in [-0.3, -0.25) is 9.88 Å². The third kappa shape index (κ3) is 4.30. The zero-order valence-electron chi connectivity index (χ0n) is 17.6. The Labute approximate surface area is 186 Å². The number of methoxy groups -OCH3 is 1. The fourth-order valence-corrected chi connectivity index (χ4v) is 5.02. The lowest BCUT2D eigenvalue weighted by atomic mass is 10.1. The number of rotatable bonds is 6. The standard InChI is InChI=1S/C24H25N5OS/c1-30-16-21-26-23(22-20(17-31-24(22)27-21)18-7-3-2-4-8-18)29-13-11-28(12-14-29)15-19-9-5-6-10-25-19/h2-10,17H,11-16H2,1H3. The number of pyridine rings is 1. The van der Waals surface area contributed by atoms with Crippen LogP contribution in [0.15, 0.2) is 60.1 Å². The van der Waals surface area contributed by atoms with Gasteiger partial charge in [0.15, 0.2) is 5.82 Å². The number of hydrogen-bond acceptors (Lipinski definition) is 7. The first kappa shape index (κ1) is 20.1. The molecule has 1 aromatic carbocycles. The summed E-state index contributed by atoms with van der Waals surface area (Å²) in [5, 5.41) is 3.35. The molecule has 0 spiro atoms. The smallest absolute Gasteiger partial charge is 0.158 e. The van der Waals surface area contributed by atoms with E-state index in [1.807, 2.05) is 18.3 Å². The Morgan fingerprint density at radius 3 is 2.52 bits per heavy atom. The Kier molecular flexibility index (Phi) is 5.88. The number of aromatic nitrogens is 3. The van der Waals surface area contributed by atoms with Crippen LogP contribution in [0, 0.1) is 0 Å². The molecule has 0 amide bonds. The predicted molar refractivity (Wildman–Crippen MR) is 125 cm³/mol. The Balaban J connectivity index is 1.45. The number of hydrogen-bond donors (Lipinski definition) is 0. The highest BCUT2D eigenvalue weighted by molar-refractivity contribution is 7.17. The third-order valence-corrected chi connectivity index (χ3v) is 6.47. The second kappa shape index (κ2) is 9.09. The molecule has 1 aliphatic rings. The first-order chi connectivity index (χ1) is 15.3. The van der Waals surface area contributed by atoms with Crippen molar-refractivity contribution in [3.8, 4) is 11.1 Å². The number of benzene rings is 1. The van der Waals surface area contributed by atoms with Crippen LogP contribution in [0.5, 0.6) is 0 Å². The van der Waals surface area contributed by atoms with Gasteiger partial charge in [-0.15, -0.1) is 11.3 Å². The van der Waals surface area contributed by atoms with Crippen LogP contribution in [0.3, 0.4) is 0 Å². The molecule has 0 aliphatic carbocycles. The molecular weight excluding hydrogens is 406 g/mol. The van der Waals surface area contributed by atoms with Gasteiger partial charge in [0, 0.05) is 57.0 Å². The Morgan fingerprint density at radius 1 is 0.968 bits per heavy atom. The van der Waals surface area contributed by atoms with Crippen molar-refractivity contribution < 1.29 is 4.74 Å². The fourth-order valence-electron chi connectivity index (χ4n) is 4.06. The van der Waals surface area contributed by atoms with Gasteiger partial charge in [-0.25, -0.2) is 9.97 Å². The fraction of sp³-hybridized carbons (Fsp3) is 0.292. The molecule has 158 valence electrons. The Hall–Kier alpha value is -2.87. The zero-order chi connectivity index (χ0) is 21.0. The SMILES string of the molecule is COCc1nc(N2CCN(Cc3ccccn3)CC2)c2c(-c3ccccc3)csc2n1. The number of nitrogens with zero attached hydrogens (tertiary/aromatic N) is 5. The summed E-state index contributed by atoms with van der Waals surface area (Å²) in [5.41, 5.74) is 3.52. The summed E-state index contributed by atoms with van der Waals surface area (Å²) in [6.45, 7) is 5.11. The topological polar surface area (TPSA) is 54.4 Å². The molecular formula is C24H25N5OS. The highest BCUT2D eigenvalue weighted by atomic mass is 32.1. The van der Waals surface area contributed by atoms with Crippen molar-refractivity contribution in [1.29, 1.82) is 0 Å². The van der Waals surface area contributed by atoms with Gasteiger partial charge in [0.05, 0.1) is 11.1 Å². The molecule has 0 atom stereocenters. The van der Waals surface area contributed by atoms with E-state index in [2.05, 4.69) is 56.6 Å².